The van der Waals surface area contributed by atoms with Crippen molar-refractivity contribution < 1.29 is 9.59 Å². The third-order valence-corrected chi connectivity index (χ3v) is 2.99. The van der Waals surface area contributed by atoms with E-state index in [0.29, 0.717) is 26.0 Å². The number of Topliss-reactive ketones (excluding diaryl/α,β-unsaturated/α-hetero) is 1. The van der Waals surface area contributed by atoms with Crippen LogP contribution in [0, 0.1) is 3.57 Å². The summed E-state index contributed by atoms with van der Waals surface area (Å²) in [5, 5.41) is 0.410. The highest BCUT2D eigenvalue weighted by molar-refractivity contribution is 14.1. The molecule has 0 bridgehead atoms. The van der Waals surface area contributed by atoms with Gasteiger partial charge >= 0.3 is 0 Å². The van der Waals surface area contributed by atoms with Crippen molar-refractivity contribution >= 4 is 46.3 Å². The van der Waals surface area contributed by atoms with Crippen molar-refractivity contribution in [2.24, 2.45) is 0 Å². The Morgan fingerprint density at radius 3 is 2.62 bits per heavy atom. The summed E-state index contributed by atoms with van der Waals surface area (Å²) in [7, 11) is 0. The first-order valence-corrected chi connectivity index (χ1v) is 4.97. The Morgan fingerprint density at radius 1 is 1.54 bits per heavy atom. The monoisotopic (exact) mass is 308 g/mol. The van der Waals surface area contributed by atoms with Crippen LogP contribution in [0.5, 0.6) is 0 Å². The van der Waals surface area contributed by atoms with Crippen LogP contribution in [0.2, 0.25) is 5.02 Å². The number of carbonyl (C=O) groups excluding carboxylic acids is 2. The van der Waals surface area contributed by atoms with Gasteiger partial charge in [-0.2, -0.15) is 0 Å². The van der Waals surface area contributed by atoms with E-state index in [0.717, 1.165) is 0 Å². The molecule has 1 aromatic rings. The number of rotatable bonds is 2. The standard InChI is InChI=1S/C9H6ClIO2/c1-5(13)8-3-7(10)2-6(4-12)9(8)11/h2-4H,1H3. The lowest BCUT2D eigenvalue weighted by atomic mass is 10.1. The summed E-state index contributed by atoms with van der Waals surface area (Å²) in [6.45, 7) is 1.45. The van der Waals surface area contributed by atoms with Gasteiger partial charge in [-0.05, 0) is 41.6 Å². The van der Waals surface area contributed by atoms with E-state index in [1.165, 1.54) is 6.92 Å². The maximum Gasteiger partial charge on any atom is 0.160 e. The molecule has 1 aromatic carbocycles. The summed E-state index contributed by atoms with van der Waals surface area (Å²) in [5.74, 6) is -0.0880. The van der Waals surface area contributed by atoms with E-state index in [9.17, 15) is 9.59 Å². The number of hydrogen-bond donors (Lipinski definition) is 0. The van der Waals surface area contributed by atoms with Gasteiger partial charge in [0.25, 0.3) is 0 Å². The van der Waals surface area contributed by atoms with Gasteiger partial charge in [-0.15, -0.1) is 0 Å². The van der Waals surface area contributed by atoms with E-state index >= 15 is 0 Å². The molecule has 4 heteroatoms. The summed E-state index contributed by atoms with van der Waals surface area (Å²) in [6.07, 6.45) is 0.695. The second-order valence-corrected chi connectivity index (χ2v) is 4.05. The zero-order valence-electron chi connectivity index (χ0n) is 6.80. The van der Waals surface area contributed by atoms with Gasteiger partial charge in [0.05, 0.1) is 0 Å². The van der Waals surface area contributed by atoms with Crippen molar-refractivity contribution in [3.8, 4) is 0 Å². The molecule has 0 radical (unpaired) electrons. The third kappa shape index (κ3) is 2.28. The first-order chi connectivity index (χ1) is 6.06. The van der Waals surface area contributed by atoms with Crippen molar-refractivity contribution in [2.75, 3.05) is 0 Å². The second kappa shape index (κ2) is 4.19. The first-order valence-electron chi connectivity index (χ1n) is 3.51. The molecular formula is C9H6ClIO2. The van der Waals surface area contributed by atoms with Crippen molar-refractivity contribution in [2.45, 2.75) is 6.92 Å². The number of ketones is 1. The van der Waals surface area contributed by atoms with Gasteiger partial charge in [-0.3, -0.25) is 9.59 Å². The van der Waals surface area contributed by atoms with Crippen LogP contribution in [0.15, 0.2) is 12.1 Å². The van der Waals surface area contributed by atoms with Gasteiger partial charge < -0.3 is 0 Å². The fourth-order valence-corrected chi connectivity index (χ4v) is 2.00. The summed E-state index contributed by atoms with van der Waals surface area (Å²) < 4.78 is 0.657. The molecular weight excluding hydrogens is 302 g/mol. The molecule has 0 fully saturated rings. The average molecular weight is 309 g/mol. The van der Waals surface area contributed by atoms with Gasteiger partial charge in [0.1, 0.15) is 0 Å². The number of aldehydes is 1. The molecule has 68 valence electrons. The van der Waals surface area contributed by atoms with Gasteiger partial charge in [0, 0.05) is 19.7 Å². The molecule has 0 N–H and O–H groups in total. The zero-order valence-corrected chi connectivity index (χ0v) is 9.72. The van der Waals surface area contributed by atoms with Crippen molar-refractivity contribution in [1.82, 2.24) is 0 Å². The van der Waals surface area contributed by atoms with E-state index in [-0.39, 0.29) is 5.78 Å². The van der Waals surface area contributed by atoms with Crippen LogP contribution in [-0.2, 0) is 0 Å². The normalized spacial score (nSPS) is 9.77. The lowest BCUT2D eigenvalue weighted by Gasteiger charge is -2.03. The van der Waals surface area contributed by atoms with Gasteiger partial charge in [0.15, 0.2) is 12.1 Å². The Morgan fingerprint density at radius 2 is 2.15 bits per heavy atom. The summed E-state index contributed by atoms with van der Waals surface area (Å²) in [5.41, 5.74) is 0.952. The molecule has 0 aromatic heterocycles. The Kier molecular flexibility index (Phi) is 3.44. The van der Waals surface area contributed by atoms with E-state index in [2.05, 4.69) is 0 Å². The Labute approximate surface area is 94.4 Å². The van der Waals surface area contributed by atoms with Crippen molar-refractivity contribution in [3.05, 3.63) is 31.9 Å². The number of hydrogen-bond acceptors (Lipinski definition) is 2. The summed E-state index contributed by atoms with van der Waals surface area (Å²) in [6, 6.07) is 3.11. The molecule has 0 atom stereocenters. The average Bonchev–Trinajstić information content (AvgIpc) is 2.08. The summed E-state index contributed by atoms with van der Waals surface area (Å²) >= 11 is 7.69. The molecule has 13 heavy (non-hydrogen) atoms. The molecule has 0 saturated heterocycles. The molecule has 0 amide bonds. The Hall–Kier alpha value is -0.420. The zero-order chi connectivity index (χ0) is 10.0. The van der Waals surface area contributed by atoms with Crippen LogP contribution >= 0.6 is 34.2 Å². The largest absolute Gasteiger partial charge is 0.298 e. The topological polar surface area (TPSA) is 34.1 Å². The minimum atomic E-state index is -0.0880. The molecule has 1 rings (SSSR count). The predicted octanol–water partition coefficient (Wildman–Crippen LogP) is 2.96. The molecule has 0 unspecified atom stereocenters. The van der Waals surface area contributed by atoms with E-state index in [1.807, 2.05) is 22.6 Å². The third-order valence-electron chi connectivity index (χ3n) is 1.57. The van der Waals surface area contributed by atoms with E-state index < -0.39 is 0 Å². The maximum absolute atomic E-state index is 11.1. The quantitative estimate of drug-likeness (QED) is 0.478. The summed E-state index contributed by atoms with van der Waals surface area (Å²) in [4.78, 5) is 21.7. The molecule has 0 aliphatic heterocycles. The molecule has 0 aliphatic rings. The first kappa shape index (κ1) is 10.7. The van der Waals surface area contributed by atoms with Crippen LogP contribution in [-0.4, -0.2) is 12.1 Å². The fourth-order valence-electron chi connectivity index (χ4n) is 0.952. The molecule has 0 aliphatic carbocycles. The van der Waals surface area contributed by atoms with Crippen LogP contribution in [0.3, 0.4) is 0 Å². The van der Waals surface area contributed by atoms with Gasteiger partial charge in [-0.25, -0.2) is 0 Å². The number of halogens is 2. The van der Waals surface area contributed by atoms with Crippen molar-refractivity contribution in [1.29, 1.82) is 0 Å². The minimum Gasteiger partial charge on any atom is -0.298 e. The lowest BCUT2D eigenvalue weighted by Crippen LogP contribution is -1.99. The predicted molar refractivity (Wildman–Crippen MR) is 59.6 cm³/mol. The van der Waals surface area contributed by atoms with Crippen LogP contribution in [0.25, 0.3) is 0 Å². The maximum atomic E-state index is 11.1. The van der Waals surface area contributed by atoms with Gasteiger partial charge in [0.2, 0.25) is 0 Å². The molecule has 2 nitrogen and oxygen atoms in total. The number of benzene rings is 1. The molecule has 0 spiro atoms. The van der Waals surface area contributed by atoms with Crippen molar-refractivity contribution in [3.63, 3.8) is 0 Å². The van der Waals surface area contributed by atoms with Crippen LogP contribution in [0.1, 0.15) is 27.6 Å². The Bertz CT molecular complexity index is 374. The van der Waals surface area contributed by atoms with Crippen LogP contribution in [0.4, 0.5) is 0 Å². The Balaban J connectivity index is 3.44. The second-order valence-electron chi connectivity index (χ2n) is 2.53. The lowest BCUT2D eigenvalue weighted by molar-refractivity contribution is 0.101. The minimum absolute atomic E-state index is 0.0880. The molecule has 0 heterocycles. The highest BCUT2D eigenvalue weighted by Gasteiger charge is 2.10. The smallest absolute Gasteiger partial charge is 0.160 e. The highest BCUT2D eigenvalue weighted by Crippen LogP contribution is 2.22. The molecule has 0 saturated carbocycles. The number of carbonyl (C=O) groups is 2. The fraction of sp³-hybridized carbons (Fsp3) is 0.111. The highest BCUT2D eigenvalue weighted by atomic mass is 127. The SMILES string of the molecule is CC(=O)c1cc(Cl)cc(C=O)c1I. The van der Waals surface area contributed by atoms with Gasteiger partial charge in [-0.1, -0.05) is 11.6 Å². The van der Waals surface area contributed by atoms with E-state index in [4.69, 9.17) is 11.6 Å². The van der Waals surface area contributed by atoms with Crippen LogP contribution < -0.4 is 0 Å². The van der Waals surface area contributed by atoms with E-state index in [1.54, 1.807) is 12.1 Å².